The van der Waals surface area contributed by atoms with Gasteiger partial charge in [-0.1, -0.05) is 19.3 Å². The lowest BCUT2D eigenvalue weighted by Gasteiger charge is -2.31. The van der Waals surface area contributed by atoms with Crippen LogP contribution in [0.2, 0.25) is 0 Å². The molecule has 104 valence electrons. The molecule has 0 unspecified atom stereocenters. The Kier molecular flexibility index (Phi) is 5.45. The minimum Gasteiger partial charge on any atom is -0.344 e. The average Bonchev–Trinajstić information content (AvgIpc) is 2.41. The summed E-state index contributed by atoms with van der Waals surface area (Å²) in [6.07, 6.45) is 6.71. The van der Waals surface area contributed by atoms with Crippen LogP contribution < -0.4 is 5.32 Å². The molecule has 0 aromatic heterocycles. The first-order valence-corrected chi connectivity index (χ1v) is 7.43. The maximum Gasteiger partial charge on any atom is 0.236 e. The van der Waals surface area contributed by atoms with Crippen molar-refractivity contribution in [2.75, 3.05) is 46.3 Å². The van der Waals surface area contributed by atoms with Gasteiger partial charge in [-0.05, 0) is 18.8 Å². The van der Waals surface area contributed by atoms with E-state index in [1.165, 1.54) is 32.1 Å². The van der Waals surface area contributed by atoms with Gasteiger partial charge in [0.05, 0.1) is 6.54 Å². The lowest BCUT2D eigenvalue weighted by atomic mass is 9.89. The highest BCUT2D eigenvalue weighted by Crippen LogP contribution is 2.24. The quantitative estimate of drug-likeness (QED) is 0.809. The van der Waals surface area contributed by atoms with Gasteiger partial charge in [0.2, 0.25) is 5.91 Å². The monoisotopic (exact) mass is 253 g/mol. The van der Waals surface area contributed by atoms with Crippen LogP contribution in [0.25, 0.3) is 0 Å². The standard InChI is InChI=1S/C14H27N3O/c1-16(11-13-5-3-2-4-6-13)14(18)12-17-9-7-15-8-10-17/h13,15H,2-12H2,1H3. The second-order valence-corrected chi connectivity index (χ2v) is 5.80. The summed E-state index contributed by atoms with van der Waals surface area (Å²) in [7, 11) is 1.97. The van der Waals surface area contributed by atoms with Gasteiger partial charge in [-0.2, -0.15) is 0 Å². The molecule has 18 heavy (non-hydrogen) atoms. The Hall–Kier alpha value is -0.610. The van der Waals surface area contributed by atoms with Gasteiger partial charge in [-0.25, -0.2) is 0 Å². The summed E-state index contributed by atoms with van der Waals surface area (Å²) in [6, 6.07) is 0. The van der Waals surface area contributed by atoms with Gasteiger partial charge in [-0.15, -0.1) is 0 Å². The number of carbonyl (C=O) groups excluding carboxylic acids is 1. The van der Waals surface area contributed by atoms with E-state index < -0.39 is 0 Å². The third kappa shape index (κ3) is 4.25. The molecule has 2 fully saturated rings. The van der Waals surface area contributed by atoms with Crippen molar-refractivity contribution in [2.24, 2.45) is 5.92 Å². The maximum absolute atomic E-state index is 12.1. The van der Waals surface area contributed by atoms with Gasteiger partial charge >= 0.3 is 0 Å². The van der Waals surface area contributed by atoms with Crippen LogP contribution in [0.1, 0.15) is 32.1 Å². The number of rotatable bonds is 4. The summed E-state index contributed by atoms with van der Waals surface area (Å²) in [5, 5.41) is 3.32. The molecule has 0 spiro atoms. The van der Waals surface area contributed by atoms with Gasteiger partial charge in [-0.3, -0.25) is 9.69 Å². The third-order valence-corrected chi connectivity index (χ3v) is 4.25. The SMILES string of the molecule is CN(CC1CCCCC1)C(=O)CN1CCNCC1. The largest absolute Gasteiger partial charge is 0.344 e. The molecule has 1 aliphatic heterocycles. The minimum atomic E-state index is 0.294. The van der Waals surface area contributed by atoms with E-state index >= 15 is 0 Å². The van der Waals surface area contributed by atoms with Crippen molar-refractivity contribution in [3.05, 3.63) is 0 Å². The number of hydrogen-bond acceptors (Lipinski definition) is 3. The van der Waals surface area contributed by atoms with Crippen molar-refractivity contribution in [1.82, 2.24) is 15.1 Å². The van der Waals surface area contributed by atoms with Crippen LogP contribution in [0.3, 0.4) is 0 Å². The van der Waals surface area contributed by atoms with Crippen molar-refractivity contribution in [3.63, 3.8) is 0 Å². The zero-order valence-corrected chi connectivity index (χ0v) is 11.7. The Morgan fingerprint density at radius 3 is 2.56 bits per heavy atom. The van der Waals surface area contributed by atoms with E-state index in [1.807, 2.05) is 11.9 Å². The first-order valence-electron chi connectivity index (χ1n) is 7.43. The molecule has 0 aromatic carbocycles. The number of likely N-dealkylation sites (N-methyl/N-ethyl adjacent to an activating group) is 1. The number of hydrogen-bond donors (Lipinski definition) is 1. The van der Waals surface area contributed by atoms with E-state index in [0.717, 1.165) is 38.6 Å². The number of nitrogens with one attached hydrogen (secondary N) is 1. The molecule has 0 bridgehead atoms. The summed E-state index contributed by atoms with van der Waals surface area (Å²) in [5.41, 5.74) is 0. The molecule has 1 saturated heterocycles. The van der Waals surface area contributed by atoms with Crippen LogP contribution in [0, 0.1) is 5.92 Å². The predicted octanol–water partition coefficient (Wildman–Crippen LogP) is 0.930. The third-order valence-electron chi connectivity index (χ3n) is 4.25. The lowest BCUT2D eigenvalue weighted by Crippen LogP contribution is -2.48. The Balaban J connectivity index is 1.69. The molecule has 0 atom stereocenters. The van der Waals surface area contributed by atoms with Crippen LogP contribution in [0.4, 0.5) is 0 Å². The fraction of sp³-hybridized carbons (Fsp3) is 0.929. The second kappa shape index (κ2) is 7.10. The molecule has 0 radical (unpaired) electrons. The molecule has 2 aliphatic rings. The van der Waals surface area contributed by atoms with Crippen LogP contribution in [0.15, 0.2) is 0 Å². The number of nitrogens with zero attached hydrogens (tertiary/aromatic N) is 2. The normalized spacial score (nSPS) is 22.9. The van der Waals surface area contributed by atoms with E-state index in [2.05, 4.69) is 10.2 Å². The second-order valence-electron chi connectivity index (χ2n) is 5.80. The zero-order valence-electron chi connectivity index (χ0n) is 11.7. The number of amides is 1. The summed E-state index contributed by atoms with van der Waals surface area (Å²) < 4.78 is 0. The molecule has 1 saturated carbocycles. The fourth-order valence-electron chi connectivity index (χ4n) is 3.04. The van der Waals surface area contributed by atoms with Crippen LogP contribution >= 0.6 is 0 Å². The van der Waals surface area contributed by atoms with Gasteiger partial charge in [0, 0.05) is 39.8 Å². The van der Waals surface area contributed by atoms with Crippen molar-refractivity contribution < 1.29 is 4.79 Å². The van der Waals surface area contributed by atoms with E-state index in [0.29, 0.717) is 12.5 Å². The molecule has 1 amide bonds. The van der Waals surface area contributed by atoms with Crippen LogP contribution in [-0.4, -0.2) is 62.0 Å². The van der Waals surface area contributed by atoms with Crippen molar-refractivity contribution in [2.45, 2.75) is 32.1 Å². The zero-order chi connectivity index (χ0) is 12.8. The summed E-state index contributed by atoms with van der Waals surface area (Å²) in [4.78, 5) is 16.4. The molecule has 0 aromatic rings. The van der Waals surface area contributed by atoms with Crippen molar-refractivity contribution >= 4 is 5.91 Å². The number of carbonyl (C=O) groups is 1. The Morgan fingerprint density at radius 1 is 1.22 bits per heavy atom. The first kappa shape index (κ1) is 13.8. The Labute approximate surface area is 111 Å². The van der Waals surface area contributed by atoms with Gasteiger partial charge < -0.3 is 10.2 Å². The van der Waals surface area contributed by atoms with E-state index in [-0.39, 0.29) is 0 Å². The predicted molar refractivity (Wildman–Crippen MR) is 73.5 cm³/mol. The first-order chi connectivity index (χ1) is 8.75. The summed E-state index contributed by atoms with van der Waals surface area (Å²) in [5.74, 6) is 1.04. The van der Waals surface area contributed by atoms with Gasteiger partial charge in [0.25, 0.3) is 0 Å². The Morgan fingerprint density at radius 2 is 1.89 bits per heavy atom. The van der Waals surface area contributed by atoms with Crippen molar-refractivity contribution in [3.8, 4) is 0 Å². The summed E-state index contributed by atoms with van der Waals surface area (Å²) >= 11 is 0. The van der Waals surface area contributed by atoms with E-state index in [4.69, 9.17) is 0 Å². The van der Waals surface area contributed by atoms with Gasteiger partial charge in [0.15, 0.2) is 0 Å². The topological polar surface area (TPSA) is 35.6 Å². The molecule has 4 nitrogen and oxygen atoms in total. The maximum atomic E-state index is 12.1. The molecular formula is C14H27N3O. The van der Waals surface area contributed by atoms with E-state index in [1.54, 1.807) is 0 Å². The number of piperazine rings is 1. The highest BCUT2D eigenvalue weighted by molar-refractivity contribution is 5.78. The lowest BCUT2D eigenvalue weighted by molar-refractivity contribution is -0.132. The molecular weight excluding hydrogens is 226 g/mol. The van der Waals surface area contributed by atoms with Crippen LogP contribution in [0.5, 0.6) is 0 Å². The smallest absolute Gasteiger partial charge is 0.236 e. The summed E-state index contributed by atoms with van der Waals surface area (Å²) in [6.45, 7) is 5.60. The van der Waals surface area contributed by atoms with Crippen molar-refractivity contribution in [1.29, 1.82) is 0 Å². The van der Waals surface area contributed by atoms with Gasteiger partial charge in [0.1, 0.15) is 0 Å². The molecule has 4 heteroatoms. The fourth-order valence-corrected chi connectivity index (χ4v) is 3.04. The molecule has 1 heterocycles. The highest BCUT2D eigenvalue weighted by Gasteiger charge is 2.20. The average molecular weight is 253 g/mol. The highest BCUT2D eigenvalue weighted by atomic mass is 16.2. The molecule has 2 rings (SSSR count). The van der Waals surface area contributed by atoms with Crippen LogP contribution in [-0.2, 0) is 4.79 Å². The van der Waals surface area contributed by atoms with E-state index in [9.17, 15) is 4.79 Å². The molecule has 1 N–H and O–H groups in total. The molecule has 1 aliphatic carbocycles. The Bertz CT molecular complexity index is 258. The minimum absolute atomic E-state index is 0.294.